The van der Waals surface area contributed by atoms with Gasteiger partial charge in [-0.2, -0.15) is 5.10 Å². The normalized spacial score (nSPS) is 18.2. The van der Waals surface area contributed by atoms with E-state index < -0.39 is 0 Å². The highest BCUT2D eigenvalue weighted by Crippen LogP contribution is 2.21. The smallest absolute Gasteiger partial charge is 0.193 e. The van der Waals surface area contributed by atoms with E-state index in [1.807, 2.05) is 31.6 Å². The third kappa shape index (κ3) is 4.69. The molecule has 0 saturated carbocycles. The van der Waals surface area contributed by atoms with Gasteiger partial charge in [-0.15, -0.1) is 0 Å². The van der Waals surface area contributed by atoms with Crippen molar-refractivity contribution in [1.29, 1.82) is 0 Å². The summed E-state index contributed by atoms with van der Waals surface area (Å²) in [5, 5.41) is 7.56. The number of aliphatic imine (C=N–C) groups is 1. The number of aryl methyl sites for hydroxylation is 1. The van der Waals surface area contributed by atoms with Gasteiger partial charge in [-0.1, -0.05) is 0 Å². The molecule has 0 aromatic carbocycles. The van der Waals surface area contributed by atoms with Crippen molar-refractivity contribution in [2.75, 3.05) is 39.9 Å². The highest BCUT2D eigenvalue weighted by Gasteiger charge is 2.24. The van der Waals surface area contributed by atoms with Crippen LogP contribution in [0.15, 0.2) is 41.9 Å². The number of ether oxygens (including phenoxy) is 2. The maximum atomic E-state index is 5.88. The van der Waals surface area contributed by atoms with E-state index in [2.05, 4.69) is 25.3 Å². The zero-order valence-electron chi connectivity index (χ0n) is 14.6. The van der Waals surface area contributed by atoms with Crippen molar-refractivity contribution in [1.82, 2.24) is 25.0 Å². The van der Waals surface area contributed by atoms with E-state index in [1.165, 1.54) is 0 Å². The van der Waals surface area contributed by atoms with E-state index >= 15 is 0 Å². The Hall–Kier alpha value is -2.61. The fraction of sp³-hybridized carbons (Fsp3) is 0.471. The van der Waals surface area contributed by atoms with Crippen molar-refractivity contribution in [3.8, 4) is 5.75 Å². The van der Waals surface area contributed by atoms with Crippen LogP contribution in [0.2, 0.25) is 0 Å². The van der Waals surface area contributed by atoms with Gasteiger partial charge in [0.05, 0.1) is 32.1 Å². The number of nitrogens with zero attached hydrogens (tertiary/aromatic N) is 5. The molecule has 1 fully saturated rings. The number of nitrogens with one attached hydrogen (secondary N) is 1. The largest absolute Gasteiger partial charge is 0.490 e. The van der Waals surface area contributed by atoms with Gasteiger partial charge in [0, 0.05) is 38.6 Å². The second-order valence-corrected chi connectivity index (χ2v) is 5.76. The number of morpholine rings is 1. The van der Waals surface area contributed by atoms with E-state index in [-0.39, 0.29) is 6.10 Å². The molecule has 2 aromatic rings. The van der Waals surface area contributed by atoms with E-state index in [0.29, 0.717) is 19.8 Å². The molecular formula is C17H24N6O2. The van der Waals surface area contributed by atoms with Crippen LogP contribution in [0.4, 0.5) is 0 Å². The molecule has 1 aliphatic rings. The van der Waals surface area contributed by atoms with Gasteiger partial charge in [0.25, 0.3) is 0 Å². The number of aromatic nitrogens is 3. The van der Waals surface area contributed by atoms with Gasteiger partial charge in [-0.05, 0) is 12.1 Å². The summed E-state index contributed by atoms with van der Waals surface area (Å²) in [5.74, 6) is 1.62. The lowest BCUT2D eigenvalue weighted by molar-refractivity contribution is -0.00805. The Labute approximate surface area is 147 Å². The van der Waals surface area contributed by atoms with Crippen LogP contribution in [-0.2, 0) is 11.8 Å². The molecular weight excluding hydrogens is 320 g/mol. The van der Waals surface area contributed by atoms with Crippen LogP contribution in [-0.4, -0.2) is 65.5 Å². The molecule has 3 heterocycles. The van der Waals surface area contributed by atoms with Crippen molar-refractivity contribution in [3.05, 3.63) is 42.5 Å². The van der Waals surface area contributed by atoms with E-state index in [1.54, 1.807) is 24.1 Å². The van der Waals surface area contributed by atoms with Gasteiger partial charge in [0.2, 0.25) is 0 Å². The molecule has 0 aliphatic carbocycles. The summed E-state index contributed by atoms with van der Waals surface area (Å²) in [6.07, 6.45) is 7.28. The average Bonchev–Trinajstić information content (AvgIpc) is 3.09. The van der Waals surface area contributed by atoms with E-state index in [4.69, 9.17) is 9.47 Å². The Morgan fingerprint density at radius 2 is 2.40 bits per heavy atom. The number of rotatable bonds is 5. The minimum atomic E-state index is 0.00708. The fourth-order valence-corrected chi connectivity index (χ4v) is 2.75. The molecule has 1 atom stereocenters. The minimum absolute atomic E-state index is 0.00708. The van der Waals surface area contributed by atoms with Gasteiger partial charge in [-0.25, -0.2) is 0 Å². The maximum absolute atomic E-state index is 5.88. The Bertz CT molecular complexity index is 687. The highest BCUT2D eigenvalue weighted by atomic mass is 16.5. The second kappa shape index (κ2) is 8.48. The molecule has 0 bridgehead atoms. The molecule has 25 heavy (non-hydrogen) atoms. The summed E-state index contributed by atoms with van der Waals surface area (Å²) in [4.78, 5) is 10.6. The summed E-state index contributed by atoms with van der Waals surface area (Å²) in [5.41, 5.74) is 1.09. The van der Waals surface area contributed by atoms with Crippen LogP contribution in [0.3, 0.4) is 0 Å². The first-order chi connectivity index (χ1) is 12.3. The summed E-state index contributed by atoms with van der Waals surface area (Å²) < 4.78 is 13.3. The molecule has 134 valence electrons. The summed E-state index contributed by atoms with van der Waals surface area (Å²) in [6.45, 7) is 3.42. The zero-order chi connectivity index (χ0) is 17.5. The molecule has 0 amide bonds. The van der Waals surface area contributed by atoms with Crippen LogP contribution in [0.25, 0.3) is 0 Å². The molecule has 1 saturated heterocycles. The van der Waals surface area contributed by atoms with Crippen LogP contribution in [0, 0.1) is 0 Å². The quantitative estimate of drug-likeness (QED) is 0.492. The highest BCUT2D eigenvalue weighted by molar-refractivity contribution is 5.80. The molecule has 8 heteroatoms. The Morgan fingerprint density at radius 1 is 1.48 bits per heavy atom. The molecule has 1 aliphatic heterocycles. The average molecular weight is 344 g/mol. The zero-order valence-corrected chi connectivity index (χ0v) is 14.6. The van der Waals surface area contributed by atoms with Gasteiger partial charge in [0.15, 0.2) is 5.96 Å². The predicted molar refractivity (Wildman–Crippen MR) is 94.6 cm³/mol. The monoisotopic (exact) mass is 344 g/mol. The van der Waals surface area contributed by atoms with Gasteiger partial charge < -0.3 is 19.7 Å². The third-order valence-corrected chi connectivity index (χ3v) is 3.96. The van der Waals surface area contributed by atoms with Crippen molar-refractivity contribution < 1.29 is 9.47 Å². The minimum Gasteiger partial charge on any atom is -0.490 e. The summed E-state index contributed by atoms with van der Waals surface area (Å²) in [6, 6.07) is 3.75. The lowest BCUT2D eigenvalue weighted by Gasteiger charge is -2.34. The lowest BCUT2D eigenvalue weighted by atomic mass is 10.1. The van der Waals surface area contributed by atoms with E-state index in [0.717, 1.165) is 30.4 Å². The van der Waals surface area contributed by atoms with Gasteiger partial charge in [0.1, 0.15) is 18.5 Å². The Morgan fingerprint density at radius 3 is 3.12 bits per heavy atom. The van der Waals surface area contributed by atoms with Crippen molar-refractivity contribution in [3.63, 3.8) is 0 Å². The molecule has 2 aromatic heterocycles. The molecule has 8 nitrogen and oxygen atoms in total. The van der Waals surface area contributed by atoms with E-state index in [9.17, 15) is 0 Å². The topological polar surface area (TPSA) is 76.8 Å². The Kier molecular flexibility index (Phi) is 5.84. The molecule has 3 rings (SSSR count). The molecule has 1 unspecified atom stereocenters. The molecule has 0 spiro atoms. The number of pyridine rings is 1. The Balaban J connectivity index is 1.48. The maximum Gasteiger partial charge on any atom is 0.193 e. The first-order valence-corrected chi connectivity index (χ1v) is 8.35. The number of hydrogen-bond donors (Lipinski definition) is 1. The van der Waals surface area contributed by atoms with Crippen molar-refractivity contribution in [2.24, 2.45) is 12.0 Å². The lowest BCUT2D eigenvalue weighted by Crippen LogP contribution is -2.48. The number of hydrogen-bond acceptors (Lipinski definition) is 5. The fourth-order valence-electron chi connectivity index (χ4n) is 2.75. The van der Waals surface area contributed by atoms with Crippen LogP contribution in [0.5, 0.6) is 5.75 Å². The molecule has 1 N–H and O–H groups in total. The molecule has 0 radical (unpaired) electrons. The van der Waals surface area contributed by atoms with Crippen LogP contribution in [0.1, 0.15) is 11.7 Å². The number of guanidine groups is 1. The summed E-state index contributed by atoms with van der Waals surface area (Å²) >= 11 is 0. The first-order valence-electron chi connectivity index (χ1n) is 8.35. The predicted octanol–water partition coefficient (Wildman–Crippen LogP) is 0.843. The second-order valence-electron chi connectivity index (χ2n) is 5.76. The van der Waals surface area contributed by atoms with Crippen LogP contribution >= 0.6 is 0 Å². The summed E-state index contributed by atoms with van der Waals surface area (Å²) in [7, 11) is 3.70. The van der Waals surface area contributed by atoms with Gasteiger partial charge in [-0.3, -0.25) is 14.7 Å². The van der Waals surface area contributed by atoms with Crippen LogP contribution < -0.4 is 10.1 Å². The standard InChI is InChI=1S/C17H24N6O2/c1-18-17(20-6-8-24-15-4-3-5-19-11-15)23-7-9-25-16(13-23)14-10-21-22(2)12-14/h3-5,10-12,16H,6-9,13H2,1-2H3,(H,18,20). The van der Waals surface area contributed by atoms with Gasteiger partial charge >= 0.3 is 0 Å². The van der Waals surface area contributed by atoms with Crippen molar-refractivity contribution >= 4 is 5.96 Å². The first kappa shape index (κ1) is 17.2. The third-order valence-electron chi connectivity index (χ3n) is 3.96. The van der Waals surface area contributed by atoms with Crippen molar-refractivity contribution in [2.45, 2.75) is 6.10 Å². The SMILES string of the molecule is CN=C(NCCOc1cccnc1)N1CCOC(c2cnn(C)c2)C1.